The Balaban J connectivity index is 2.10. The fourth-order valence-corrected chi connectivity index (χ4v) is 2.90. The van der Waals surface area contributed by atoms with Crippen molar-refractivity contribution in [3.63, 3.8) is 0 Å². The van der Waals surface area contributed by atoms with Crippen molar-refractivity contribution in [2.75, 3.05) is 6.61 Å². The maximum atomic E-state index is 11.8. The Kier molecular flexibility index (Phi) is 3.96. The van der Waals surface area contributed by atoms with Gasteiger partial charge in [-0.3, -0.25) is 4.79 Å². The lowest BCUT2D eigenvalue weighted by Gasteiger charge is -2.04. The minimum Gasteiger partial charge on any atom is -0.466 e. The van der Waals surface area contributed by atoms with Crippen molar-refractivity contribution < 1.29 is 9.53 Å². The van der Waals surface area contributed by atoms with Gasteiger partial charge in [0.05, 0.1) is 18.5 Å². The highest BCUT2D eigenvalue weighted by atomic mass is 16.5. The highest BCUT2D eigenvalue weighted by Gasteiger charge is 2.14. The number of para-hydroxylation sites is 1. The van der Waals surface area contributed by atoms with Crippen molar-refractivity contribution in [1.29, 1.82) is 0 Å². The molecule has 0 aliphatic heterocycles. The predicted molar refractivity (Wildman–Crippen MR) is 88.8 cm³/mol. The zero-order chi connectivity index (χ0) is 15.5. The standard InChI is InChI=1S/C19H19NO2/c1-3-22-17(21)12-15-10-7-11-16-18(13(2)20-19(15)16)14-8-5-4-6-9-14/h4-11,20H,3,12H2,1-2H3. The number of aromatic amines is 1. The number of hydrogen-bond acceptors (Lipinski definition) is 2. The molecule has 0 saturated carbocycles. The third-order valence-electron chi connectivity index (χ3n) is 3.81. The van der Waals surface area contributed by atoms with Gasteiger partial charge in [-0.2, -0.15) is 0 Å². The molecule has 3 nitrogen and oxygen atoms in total. The van der Waals surface area contributed by atoms with Crippen LogP contribution in [-0.4, -0.2) is 17.6 Å². The zero-order valence-electron chi connectivity index (χ0n) is 12.8. The topological polar surface area (TPSA) is 42.1 Å². The van der Waals surface area contributed by atoms with Crippen molar-refractivity contribution in [3.8, 4) is 11.1 Å². The molecule has 0 aliphatic rings. The molecule has 0 bridgehead atoms. The summed E-state index contributed by atoms with van der Waals surface area (Å²) in [6.07, 6.45) is 0.291. The van der Waals surface area contributed by atoms with Crippen LogP contribution in [0.2, 0.25) is 0 Å². The maximum absolute atomic E-state index is 11.8. The fraction of sp³-hybridized carbons (Fsp3) is 0.211. The van der Waals surface area contributed by atoms with Crippen LogP contribution >= 0.6 is 0 Å². The average molecular weight is 293 g/mol. The molecule has 0 aliphatic carbocycles. The van der Waals surface area contributed by atoms with Crippen LogP contribution in [-0.2, 0) is 16.0 Å². The molecule has 2 aromatic carbocycles. The number of carbonyl (C=O) groups is 1. The predicted octanol–water partition coefficient (Wildman–Crippen LogP) is 4.25. The molecule has 0 atom stereocenters. The lowest BCUT2D eigenvalue weighted by Crippen LogP contribution is -2.07. The largest absolute Gasteiger partial charge is 0.466 e. The second kappa shape index (κ2) is 6.06. The molecule has 1 heterocycles. The van der Waals surface area contributed by atoms with Gasteiger partial charge in [0, 0.05) is 16.6 Å². The van der Waals surface area contributed by atoms with E-state index in [0.29, 0.717) is 13.0 Å². The molecule has 0 saturated heterocycles. The third-order valence-corrected chi connectivity index (χ3v) is 3.81. The number of H-pyrrole nitrogens is 1. The summed E-state index contributed by atoms with van der Waals surface area (Å²) in [5, 5.41) is 1.14. The number of aromatic nitrogens is 1. The Hall–Kier alpha value is -2.55. The molecule has 3 heteroatoms. The molecule has 0 unspecified atom stereocenters. The van der Waals surface area contributed by atoms with E-state index >= 15 is 0 Å². The molecule has 0 fully saturated rings. The van der Waals surface area contributed by atoms with Crippen LogP contribution in [0.3, 0.4) is 0 Å². The zero-order valence-corrected chi connectivity index (χ0v) is 12.8. The molecule has 0 radical (unpaired) electrons. The van der Waals surface area contributed by atoms with E-state index in [-0.39, 0.29) is 5.97 Å². The molecule has 3 aromatic rings. The van der Waals surface area contributed by atoms with Crippen molar-refractivity contribution in [3.05, 3.63) is 59.8 Å². The van der Waals surface area contributed by atoms with Gasteiger partial charge in [0.15, 0.2) is 0 Å². The van der Waals surface area contributed by atoms with E-state index < -0.39 is 0 Å². The normalized spacial score (nSPS) is 10.8. The minimum absolute atomic E-state index is 0.191. The van der Waals surface area contributed by atoms with Crippen LogP contribution in [0.5, 0.6) is 0 Å². The van der Waals surface area contributed by atoms with E-state index in [1.54, 1.807) is 0 Å². The molecule has 22 heavy (non-hydrogen) atoms. The Labute approximate surface area is 129 Å². The number of rotatable bonds is 4. The van der Waals surface area contributed by atoms with Gasteiger partial charge in [0.2, 0.25) is 0 Å². The summed E-state index contributed by atoms with van der Waals surface area (Å²) in [4.78, 5) is 15.2. The first-order chi connectivity index (χ1) is 10.7. The summed E-state index contributed by atoms with van der Waals surface area (Å²) in [5.41, 5.74) is 5.48. The second-order valence-corrected chi connectivity index (χ2v) is 5.31. The molecular formula is C19H19NO2. The first kappa shape index (κ1) is 14.4. The fourth-order valence-electron chi connectivity index (χ4n) is 2.90. The number of ether oxygens (including phenoxy) is 1. The van der Waals surface area contributed by atoms with Gasteiger partial charge in [-0.25, -0.2) is 0 Å². The van der Waals surface area contributed by atoms with E-state index in [1.165, 1.54) is 11.1 Å². The number of hydrogen-bond donors (Lipinski definition) is 1. The number of aryl methyl sites for hydroxylation is 1. The summed E-state index contributed by atoms with van der Waals surface area (Å²) in [6.45, 7) is 4.30. The molecule has 112 valence electrons. The quantitative estimate of drug-likeness (QED) is 0.731. The number of carbonyl (C=O) groups excluding carboxylic acids is 1. The Morgan fingerprint density at radius 2 is 1.86 bits per heavy atom. The van der Waals surface area contributed by atoms with Crippen LogP contribution in [0.25, 0.3) is 22.0 Å². The van der Waals surface area contributed by atoms with Crippen LogP contribution < -0.4 is 0 Å². The van der Waals surface area contributed by atoms with Crippen molar-refractivity contribution in [2.45, 2.75) is 20.3 Å². The number of nitrogens with one attached hydrogen (secondary N) is 1. The second-order valence-electron chi connectivity index (χ2n) is 5.31. The molecule has 3 rings (SSSR count). The number of fused-ring (bicyclic) bond motifs is 1. The van der Waals surface area contributed by atoms with Gasteiger partial charge in [0.1, 0.15) is 0 Å². The lowest BCUT2D eigenvalue weighted by atomic mass is 10.0. The van der Waals surface area contributed by atoms with E-state index in [2.05, 4.69) is 30.1 Å². The van der Waals surface area contributed by atoms with Gasteiger partial charge < -0.3 is 9.72 Å². The van der Waals surface area contributed by atoms with Gasteiger partial charge in [-0.05, 0) is 25.0 Å². The van der Waals surface area contributed by atoms with Crippen LogP contribution in [0.1, 0.15) is 18.2 Å². The summed E-state index contributed by atoms with van der Waals surface area (Å²) < 4.78 is 5.06. The Morgan fingerprint density at radius 1 is 1.09 bits per heavy atom. The van der Waals surface area contributed by atoms with Crippen LogP contribution in [0.15, 0.2) is 48.5 Å². The van der Waals surface area contributed by atoms with Gasteiger partial charge in [-0.1, -0.05) is 48.5 Å². The van der Waals surface area contributed by atoms with Crippen molar-refractivity contribution in [1.82, 2.24) is 4.98 Å². The van der Waals surface area contributed by atoms with E-state index in [4.69, 9.17) is 4.74 Å². The van der Waals surface area contributed by atoms with E-state index in [1.807, 2.05) is 37.3 Å². The molecule has 0 spiro atoms. The first-order valence-electron chi connectivity index (χ1n) is 7.52. The number of esters is 1. The average Bonchev–Trinajstić information content (AvgIpc) is 2.85. The minimum atomic E-state index is -0.191. The number of benzene rings is 2. The highest BCUT2D eigenvalue weighted by Crippen LogP contribution is 2.33. The van der Waals surface area contributed by atoms with Gasteiger partial charge in [-0.15, -0.1) is 0 Å². The van der Waals surface area contributed by atoms with E-state index in [9.17, 15) is 4.79 Å². The van der Waals surface area contributed by atoms with Crippen molar-refractivity contribution >= 4 is 16.9 Å². The van der Waals surface area contributed by atoms with Crippen LogP contribution in [0, 0.1) is 6.92 Å². The monoisotopic (exact) mass is 293 g/mol. The Bertz CT molecular complexity index is 803. The molecule has 1 N–H and O–H groups in total. The lowest BCUT2D eigenvalue weighted by molar-refractivity contribution is -0.142. The maximum Gasteiger partial charge on any atom is 0.310 e. The summed E-state index contributed by atoms with van der Waals surface area (Å²) in [6, 6.07) is 16.4. The molecule has 1 aromatic heterocycles. The first-order valence-corrected chi connectivity index (χ1v) is 7.52. The smallest absolute Gasteiger partial charge is 0.310 e. The van der Waals surface area contributed by atoms with Gasteiger partial charge >= 0.3 is 5.97 Å². The molecule has 0 amide bonds. The summed E-state index contributed by atoms with van der Waals surface area (Å²) in [7, 11) is 0. The highest BCUT2D eigenvalue weighted by molar-refractivity contribution is 5.99. The Morgan fingerprint density at radius 3 is 2.59 bits per heavy atom. The summed E-state index contributed by atoms with van der Waals surface area (Å²) >= 11 is 0. The van der Waals surface area contributed by atoms with E-state index in [0.717, 1.165) is 22.2 Å². The van der Waals surface area contributed by atoms with Crippen molar-refractivity contribution in [2.24, 2.45) is 0 Å². The summed E-state index contributed by atoms with van der Waals surface area (Å²) in [5.74, 6) is -0.191. The SMILES string of the molecule is CCOC(=O)Cc1cccc2c(-c3ccccc3)c(C)[nH]c12. The van der Waals surface area contributed by atoms with Crippen LogP contribution in [0.4, 0.5) is 0 Å². The molecular weight excluding hydrogens is 274 g/mol. The van der Waals surface area contributed by atoms with Gasteiger partial charge in [0.25, 0.3) is 0 Å². The third kappa shape index (κ3) is 2.62.